The van der Waals surface area contributed by atoms with Crippen LogP contribution < -0.4 is 0 Å². The first-order chi connectivity index (χ1) is 7.03. The lowest BCUT2D eigenvalue weighted by atomic mass is 10.0. The van der Waals surface area contributed by atoms with Crippen LogP contribution in [0.15, 0.2) is 24.3 Å². The Morgan fingerprint density at radius 3 is 2.07 bits per heavy atom. The largest absolute Gasteiger partial charge is 0.475 e. The van der Waals surface area contributed by atoms with Gasteiger partial charge in [0.1, 0.15) is 0 Å². The minimum absolute atomic E-state index is 0.135. The van der Waals surface area contributed by atoms with Crippen molar-refractivity contribution < 1.29 is 19.8 Å². The summed E-state index contributed by atoms with van der Waals surface area (Å²) in [6, 6.07) is 6.07. The van der Waals surface area contributed by atoms with Gasteiger partial charge in [-0.3, -0.25) is 4.79 Å². The fraction of sp³-hybridized carbons (Fsp3) is 0.273. The number of ketones is 1. The van der Waals surface area contributed by atoms with Gasteiger partial charge in [-0.1, -0.05) is 24.3 Å². The number of Topliss-reactive ketones (excluding diaryl/α,β-unsaturated/α-hetero) is 1. The Balaban J connectivity index is 2.24. The average molecular weight is 206 g/mol. The SMILES string of the molecule is O=C(O)C(=O)c1ccc(C2(O)CC2)cc1. The van der Waals surface area contributed by atoms with Gasteiger partial charge in [-0.2, -0.15) is 0 Å². The van der Waals surface area contributed by atoms with E-state index < -0.39 is 17.4 Å². The number of aliphatic carboxylic acids is 1. The fourth-order valence-corrected chi connectivity index (χ4v) is 1.46. The van der Waals surface area contributed by atoms with Crippen LogP contribution in [-0.4, -0.2) is 22.0 Å². The smallest absolute Gasteiger partial charge is 0.377 e. The average Bonchev–Trinajstić information content (AvgIpc) is 2.97. The predicted octanol–water partition coefficient (Wildman–Crippen LogP) is 0.935. The minimum Gasteiger partial charge on any atom is -0.475 e. The summed E-state index contributed by atoms with van der Waals surface area (Å²) in [5.74, 6) is -2.39. The molecule has 0 spiro atoms. The summed E-state index contributed by atoms with van der Waals surface area (Å²) in [4.78, 5) is 21.5. The van der Waals surface area contributed by atoms with Crippen LogP contribution in [0.4, 0.5) is 0 Å². The lowest BCUT2D eigenvalue weighted by Crippen LogP contribution is -2.13. The molecule has 2 rings (SSSR count). The summed E-state index contributed by atoms with van der Waals surface area (Å²) >= 11 is 0. The van der Waals surface area contributed by atoms with E-state index in [1.54, 1.807) is 12.1 Å². The van der Waals surface area contributed by atoms with Gasteiger partial charge in [0.15, 0.2) is 0 Å². The highest BCUT2D eigenvalue weighted by Crippen LogP contribution is 2.45. The summed E-state index contributed by atoms with van der Waals surface area (Å²) in [7, 11) is 0. The highest BCUT2D eigenvalue weighted by molar-refractivity contribution is 6.39. The van der Waals surface area contributed by atoms with Crippen LogP contribution in [-0.2, 0) is 10.4 Å². The molecule has 0 aliphatic heterocycles. The molecule has 1 aromatic carbocycles. The summed E-state index contributed by atoms with van der Waals surface area (Å²) in [6.07, 6.45) is 1.44. The lowest BCUT2D eigenvalue weighted by molar-refractivity contribution is -0.131. The predicted molar refractivity (Wildman–Crippen MR) is 51.5 cm³/mol. The first kappa shape index (κ1) is 9.86. The van der Waals surface area contributed by atoms with E-state index in [0.717, 1.165) is 18.4 Å². The van der Waals surface area contributed by atoms with Crippen molar-refractivity contribution in [1.82, 2.24) is 0 Å². The van der Waals surface area contributed by atoms with Gasteiger partial charge >= 0.3 is 5.97 Å². The van der Waals surface area contributed by atoms with Crippen molar-refractivity contribution in [2.45, 2.75) is 18.4 Å². The van der Waals surface area contributed by atoms with Gasteiger partial charge in [0.2, 0.25) is 0 Å². The molecule has 1 fully saturated rings. The Hall–Kier alpha value is -1.68. The van der Waals surface area contributed by atoms with Crippen molar-refractivity contribution in [2.75, 3.05) is 0 Å². The molecule has 0 aromatic heterocycles. The molecule has 78 valence electrons. The molecular weight excluding hydrogens is 196 g/mol. The number of aliphatic hydroxyl groups is 1. The molecule has 1 aromatic rings. The standard InChI is InChI=1S/C11H10O4/c12-9(10(13)14)7-1-3-8(4-2-7)11(15)5-6-11/h1-4,15H,5-6H2,(H,13,14). The number of rotatable bonds is 3. The van der Waals surface area contributed by atoms with Crippen molar-refractivity contribution >= 4 is 11.8 Å². The Labute approximate surface area is 86.2 Å². The molecule has 4 nitrogen and oxygen atoms in total. The van der Waals surface area contributed by atoms with Crippen LogP contribution in [0.25, 0.3) is 0 Å². The van der Waals surface area contributed by atoms with E-state index in [2.05, 4.69) is 0 Å². The molecule has 0 saturated heterocycles. The van der Waals surface area contributed by atoms with Crippen LogP contribution in [0.5, 0.6) is 0 Å². The molecule has 0 radical (unpaired) electrons. The number of carbonyl (C=O) groups excluding carboxylic acids is 1. The van der Waals surface area contributed by atoms with Gasteiger partial charge in [0.05, 0.1) is 5.60 Å². The maximum atomic E-state index is 11.1. The van der Waals surface area contributed by atoms with E-state index in [0.29, 0.717) is 0 Å². The topological polar surface area (TPSA) is 74.6 Å². The molecule has 0 heterocycles. The zero-order valence-electron chi connectivity index (χ0n) is 7.93. The summed E-state index contributed by atoms with van der Waals surface area (Å²) < 4.78 is 0. The summed E-state index contributed by atoms with van der Waals surface area (Å²) in [6.45, 7) is 0. The highest BCUT2D eigenvalue weighted by Gasteiger charge is 2.41. The number of hydrogen-bond donors (Lipinski definition) is 2. The molecule has 1 saturated carbocycles. The highest BCUT2D eigenvalue weighted by atomic mass is 16.4. The molecule has 0 atom stereocenters. The van der Waals surface area contributed by atoms with Gasteiger partial charge in [-0.25, -0.2) is 4.79 Å². The first-order valence-corrected chi connectivity index (χ1v) is 4.63. The summed E-state index contributed by atoms with van der Waals surface area (Å²) in [5.41, 5.74) is 0.130. The van der Waals surface area contributed by atoms with Crippen molar-refractivity contribution in [3.05, 3.63) is 35.4 Å². The van der Waals surface area contributed by atoms with E-state index in [9.17, 15) is 14.7 Å². The molecule has 0 bridgehead atoms. The summed E-state index contributed by atoms with van der Waals surface area (Å²) in [5, 5.41) is 18.2. The number of carboxylic acid groups (broad SMARTS) is 1. The van der Waals surface area contributed by atoms with Crippen LogP contribution in [0.1, 0.15) is 28.8 Å². The Kier molecular flexibility index (Phi) is 2.08. The number of carbonyl (C=O) groups is 2. The quantitative estimate of drug-likeness (QED) is 0.570. The van der Waals surface area contributed by atoms with E-state index in [1.165, 1.54) is 12.1 Å². The molecule has 0 unspecified atom stereocenters. The molecule has 4 heteroatoms. The number of hydrogen-bond acceptors (Lipinski definition) is 3. The minimum atomic E-state index is -1.46. The van der Waals surface area contributed by atoms with Gasteiger partial charge in [-0.15, -0.1) is 0 Å². The molecular formula is C11H10O4. The zero-order chi connectivity index (χ0) is 11.1. The van der Waals surface area contributed by atoms with Gasteiger partial charge in [0, 0.05) is 5.56 Å². The fourth-order valence-electron chi connectivity index (χ4n) is 1.46. The van der Waals surface area contributed by atoms with Crippen molar-refractivity contribution in [2.24, 2.45) is 0 Å². The molecule has 15 heavy (non-hydrogen) atoms. The third-order valence-corrected chi connectivity index (χ3v) is 2.60. The number of benzene rings is 1. The van der Waals surface area contributed by atoms with E-state index in [-0.39, 0.29) is 5.56 Å². The molecule has 1 aliphatic rings. The van der Waals surface area contributed by atoms with E-state index >= 15 is 0 Å². The first-order valence-electron chi connectivity index (χ1n) is 4.63. The van der Waals surface area contributed by atoms with E-state index in [1.807, 2.05) is 0 Å². The van der Waals surface area contributed by atoms with Gasteiger partial charge in [-0.05, 0) is 18.4 Å². The second kappa shape index (κ2) is 3.17. The third kappa shape index (κ3) is 1.76. The van der Waals surface area contributed by atoms with Crippen molar-refractivity contribution in [3.8, 4) is 0 Å². The molecule has 2 N–H and O–H groups in total. The third-order valence-electron chi connectivity index (χ3n) is 2.60. The Morgan fingerprint density at radius 1 is 1.13 bits per heavy atom. The second-order valence-electron chi connectivity index (χ2n) is 3.74. The lowest BCUT2D eigenvalue weighted by Gasteiger charge is -2.07. The van der Waals surface area contributed by atoms with Gasteiger partial charge < -0.3 is 10.2 Å². The monoisotopic (exact) mass is 206 g/mol. The second-order valence-corrected chi connectivity index (χ2v) is 3.74. The Bertz CT molecular complexity index is 415. The van der Waals surface area contributed by atoms with Gasteiger partial charge in [0.25, 0.3) is 5.78 Å². The maximum Gasteiger partial charge on any atom is 0.377 e. The maximum absolute atomic E-state index is 11.1. The van der Waals surface area contributed by atoms with Crippen LogP contribution in [0.3, 0.4) is 0 Å². The Morgan fingerprint density at radius 2 is 1.67 bits per heavy atom. The van der Waals surface area contributed by atoms with Crippen LogP contribution in [0.2, 0.25) is 0 Å². The van der Waals surface area contributed by atoms with Crippen molar-refractivity contribution in [1.29, 1.82) is 0 Å². The number of carboxylic acids is 1. The van der Waals surface area contributed by atoms with Crippen LogP contribution >= 0.6 is 0 Å². The van der Waals surface area contributed by atoms with Crippen molar-refractivity contribution in [3.63, 3.8) is 0 Å². The van der Waals surface area contributed by atoms with E-state index in [4.69, 9.17) is 5.11 Å². The molecule has 1 aliphatic carbocycles. The van der Waals surface area contributed by atoms with Crippen LogP contribution in [0, 0.1) is 0 Å². The zero-order valence-corrected chi connectivity index (χ0v) is 7.93. The normalized spacial score (nSPS) is 17.1. The molecule has 0 amide bonds.